The summed E-state index contributed by atoms with van der Waals surface area (Å²) < 4.78 is 10.5. The first-order chi connectivity index (χ1) is 9.10. The van der Waals surface area contributed by atoms with Crippen LogP contribution >= 0.6 is 0 Å². The summed E-state index contributed by atoms with van der Waals surface area (Å²) in [5.74, 6) is 0.662. The molecule has 1 aromatic rings. The third-order valence-electron chi connectivity index (χ3n) is 3.00. The lowest BCUT2D eigenvalue weighted by Crippen LogP contribution is -2.38. The fourth-order valence-corrected chi connectivity index (χ4v) is 2.00. The molecule has 1 N–H and O–H groups in total. The molecule has 1 unspecified atom stereocenters. The molecule has 19 heavy (non-hydrogen) atoms. The van der Waals surface area contributed by atoms with Gasteiger partial charge in [0.2, 0.25) is 0 Å². The van der Waals surface area contributed by atoms with Crippen LogP contribution in [0.15, 0.2) is 18.2 Å². The summed E-state index contributed by atoms with van der Waals surface area (Å²) >= 11 is 0. The molecule has 4 nitrogen and oxygen atoms in total. The first kappa shape index (κ1) is 15.5. The van der Waals surface area contributed by atoms with E-state index in [1.807, 2.05) is 39.0 Å². The van der Waals surface area contributed by atoms with Crippen LogP contribution in [0.5, 0.6) is 5.75 Å². The Morgan fingerprint density at radius 1 is 1.32 bits per heavy atom. The standard InChI is InChI=1S/C15H23NO3/c1-5-16-13(15(17)18-4)9-10-19-14-11(2)7-6-8-12(14)3/h6-8,13,16H,5,9-10H2,1-4H3. The SMILES string of the molecule is CCNC(CCOc1c(C)cccc1C)C(=O)OC. The summed E-state index contributed by atoms with van der Waals surface area (Å²) in [4.78, 5) is 11.5. The number of esters is 1. The van der Waals surface area contributed by atoms with Crippen molar-refractivity contribution in [3.63, 3.8) is 0 Å². The quantitative estimate of drug-likeness (QED) is 0.768. The maximum atomic E-state index is 11.5. The molecule has 1 rings (SSSR count). The van der Waals surface area contributed by atoms with E-state index < -0.39 is 0 Å². The molecular weight excluding hydrogens is 242 g/mol. The Hall–Kier alpha value is -1.55. The second-order valence-electron chi connectivity index (χ2n) is 4.49. The Balaban J connectivity index is 2.54. The molecule has 0 spiro atoms. The van der Waals surface area contributed by atoms with Crippen molar-refractivity contribution < 1.29 is 14.3 Å². The monoisotopic (exact) mass is 265 g/mol. The van der Waals surface area contributed by atoms with Gasteiger partial charge in [-0.1, -0.05) is 25.1 Å². The number of rotatable bonds is 7. The second kappa shape index (κ2) is 7.79. The van der Waals surface area contributed by atoms with E-state index in [-0.39, 0.29) is 12.0 Å². The molecule has 0 saturated heterocycles. The summed E-state index contributed by atoms with van der Waals surface area (Å²) in [6.45, 7) is 7.21. The minimum atomic E-state index is -0.306. The van der Waals surface area contributed by atoms with Gasteiger partial charge in [0.05, 0.1) is 13.7 Å². The Morgan fingerprint density at radius 2 is 1.95 bits per heavy atom. The van der Waals surface area contributed by atoms with E-state index >= 15 is 0 Å². The van der Waals surface area contributed by atoms with Crippen LogP contribution in [0.2, 0.25) is 0 Å². The van der Waals surface area contributed by atoms with Crippen molar-refractivity contribution >= 4 is 5.97 Å². The predicted molar refractivity (Wildman–Crippen MR) is 75.5 cm³/mol. The molecule has 0 amide bonds. The average molecular weight is 265 g/mol. The first-order valence-corrected chi connectivity index (χ1v) is 6.60. The molecule has 1 atom stereocenters. The molecule has 0 aromatic heterocycles. The highest BCUT2D eigenvalue weighted by molar-refractivity contribution is 5.75. The topological polar surface area (TPSA) is 47.6 Å². The van der Waals surface area contributed by atoms with Gasteiger partial charge in [0.15, 0.2) is 0 Å². The molecule has 4 heteroatoms. The fourth-order valence-electron chi connectivity index (χ4n) is 2.00. The highest BCUT2D eigenvalue weighted by Gasteiger charge is 2.17. The van der Waals surface area contributed by atoms with E-state index in [0.717, 1.165) is 23.4 Å². The number of benzene rings is 1. The zero-order valence-corrected chi connectivity index (χ0v) is 12.2. The number of methoxy groups -OCH3 is 1. The summed E-state index contributed by atoms with van der Waals surface area (Å²) in [5.41, 5.74) is 2.22. The first-order valence-electron chi connectivity index (χ1n) is 6.60. The zero-order chi connectivity index (χ0) is 14.3. The maximum absolute atomic E-state index is 11.5. The van der Waals surface area contributed by atoms with E-state index in [1.165, 1.54) is 7.11 Å². The number of hydrogen-bond acceptors (Lipinski definition) is 4. The van der Waals surface area contributed by atoms with E-state index in [2.05, 4.69) is 5.32 Å². The smallest absolute Gasteiger partial charge is 0.322 e. The summed E-state index contributed by atoms with van der Waals surface area (Å²) in [6, 6.07) is 5.74. The van der Waals surface area contributed by atoms with Gasteiger partial charge in [0, 0.05) is 6.42 Å². The van der Waals surface area contributed by atoms with Gasteiger partial charge in [-0.3, -0.25) is 4.79 Å². The van der Waals surface area contributed by atoms with Gasteiger partial charge in [-0.2, -0.15) is 0 Å². The molecule has 0 saturated carbocycles. The number of likely N-dealkylation sites (N-methyl/N-ethyl adjacent to an activating group) is 1. The van der Waals surface area contributed by atoms with Gasteiger partial charge in [0.25, 0.3) is 0 Å². The number of carbonyl (C=O) groups is 1. The lowest BCUT2D eigenvalue weighted by molar-refractivity contribution is -0.143. The van der Waals surface area contributed by atoms with Gasteiger partial charge in [0.1, 0.15) is 11.8 Å². The Labute approximate surface area is 115 Å². The zero-order valence-electron chi connectivity index (χ0n) is 12.2. The molecule has 0 aliphatic carbocycles. The average Bonchev–Trinajstić information content (AvgIpc) is 2.40. The van der Waals surface area contributed by atoms with Crippen molar-refractivity contribution in [1.82, 2.24) is 5.32 Å². The van der Waals surface area contributed by atoms with Gasteiger partial charge >= 0.3 is 5.97 Å². The lowest BCUT2D eigenvalue weighted by atomic mass is 10.1. The molecule has 0 radical (unpaired) electrons. The van der Waals surface area contributed by atoms with E-state index in [0.29, 0.717) is 13.0 Å². The van der Waals surface area contributed by atoms with E-state index in [4.69, 9.17) is 9.47 Å². The second-order valence-corrected chi connectivity index (χ2v) is 4.49. The van der Waals surface area contributed by atoms with Crippen molar-refractivity contribution in [1.29, 1.82) is 0 Å². The number of ether oxygens (including phenoxy) is 2. The van der Waals surface area contributed by atoms with Gasteiger partial charge in [-0.15, -0.1) is 0 Å². The number of nitrogens with one attached hydrogen (secondary N) is 1. The van der Waals surface area contributed by atoms with Crippen molar-refractivity contribution in [3.05, 3.63) is 29.3 Å². The van der Waals surface area contributed by atoms with Crippen molar-refractivity contribution in [2.45, 2.75) is 33.2 Å². The summed E-state index contributed by atoms with van der Waals surface area (Å²) in [6.07, 6.45) is 0.592. The van der Waals surface area contributed by atoms with E-state index in [9.17, 15) is 4.79 Å². The molecule has 0 aliphatic rings. The lowest BCUT2D eigenvalue weighted by Gasteiger charge is -2.17. The van der Waals surface area contributed by atoms with Gasteiger partial charge in [-0.05, 0) is 31.5 Å². The van der Waals surface area contributed by atoms with Crippen LogP contribution in [-0.4, -0.2) is 32.3 Å². The molecule has 106 valence electrons. The van der Waals surface area contributed by atoms with Crippen molar-refractivity contribution in [2.75, 3.05) is 20.3 Å². The maximum Gasteiger partial charge on any atom is 0.322 e. The van der Waals surface area contributed by atoms with Crippen molar-refractivity contribution in [3.8, 4) is 5.75 Å². The highest BCUT2D eigenvalue weighted by atomic mass is 16.5. The summed E-state index contributed by atoms with van der Waals surface area (Å²) in [5, 5.41) is 3.09. The van der Waals surface area contributed by atoms with Crippen LogP contribution in [-0.2, 0) is 9.53 Å². The summed E-state index contributed by atoms with van der Waals surface area (Å²) in [7, 11) is 1.40. The van der Waals surface area contributed by atoms with Crippen LogP contribution in [0.3, 0.4) is 0 Å². The van der Waals surface area contributed by atoms with Crippen LogP contribution in [0, 0.1) is 13.8 Å². The predicted octanol–water partition coefficient (Wildman–Crippen LogP) is 2.22. The third-order valence-corrected chi connectivity index (χ3v) is 3.00. The molecule has 0 aliphatic heterocycles. The molecule has 1 aromatic carbocycles. The molecule has 0 fully saturated rings. The molecular formula is C15H23NO3. The Kier molecular flexibility index (Phi) is 6.36. The van der Waals surface area contributed by atoms with Crippen molar-refractivity contribution in [2.24, 2.45) is 0 Å². The normalized spacial score (nSPS) is 12.0. The minimum absolute atomic E-state index is 0.244. The Bertz CT molecular complexity index is 398. The largest absolute Gasteiger partial charge is 0.493 e. The highest BCUT2D eigenvalue weighted by Crippen LogP contribution is 2.22. The van der Waals surface area contributed by atoms with E-state index in [1.54, 1.807) is 0 Å². The molecule has 0 heterocycles. The van der Waals surface area contributed by atoms with Crippen LogP contribution in [0.1, 0.15) is 24.5 Å². The number of carbonyl (C=O) groups excluding carboxylic acids is 1. The van der Waals surface area contributed by atoms with Crippen LogP contribution in [0.4, 0.5) is 0 Å². The number of para-hydroxylation sites is 1. The van der Waals surface area contributed by atoms with Crippen LogP contribution < -0.4 is 10.1 Å². The molecule has 0 bridgehead atoms. The Morgan fingerprint density at radius 3 is 2.47 bits per heavy atom. The van der Waals surface area contributed by atoms with Gasteiger partial charge in [-0.25, -0.2) is 0 Å². The number of hydrogen-bond donors (Lipinski definition) is 1. The van der Waals surface area contributed by atoms with Gasteiger partial charge < -0.3 is 14.8 Å². The third kappa shape index (κ3) is 4.56. The minimum Gasteiger partial charge on any atom is -0.493 e. The van der Waals surface area contributed by atoms with Crippen LogP contribution in [0.25, 0.3) is 0 Å². The fraction of sp³-hybridized carbons (Fsp3) is 0.533. The number of aryl methyl sites for hydroxylation is 2.